The summed E-state index contributed by atoms with van der Waals surface area (Å²) in [5.74, 6) is 0.130. The van der Waals surface area contributed by atoms with Crippen molar-refractivity contribution in [2.45, 2.75) is 32.7 Å². The van der Waals surface area contributed by atoms with Gasteiger partial charge < -0.3 is 16.2 Å². The SMILES string of the molecule is CCCC(CCO)CNCc1ccc(C(N)=O)cc1. The van der Waals surface area contributed by atoms with E-state index >= 15 is 0 Å². The van der Waals surface area contributed by atoms with E-state index in [2.05, 4.69) is 12.2 Å². The van der Waals surface area contributed by atoms with Gasteiger partial charge in [-0.15, -0.1) is 0 Å². The smallest absolute Gasteiger partial charge is 0.248 e. The number of hydrogen-bond donors (Lipinski definition) is 3. The zero-order chi connectivity index (χ0) is 14.1. The second-order valence-corrected chi connectivity index (χ2v) is 4.86. The van der Waals surface area contributed by atoms with Crippen LogP contribution in [-0.4, -0.2) is 24.2 Å². The van der Waals surface area contributed by atoms with Gasteiger partial charge in [-0.3, -0.25) is 4.79 Å². The Labute approximate surface area is 115 Å². The van der Waals surface area contributed by atoms with E-state index in [4.69, 9.17) is 10.8 Å². The molecule has 1 aromatic carbocycles. The summed E-state index contributed by atoms with van der Waals surface area (Å²) in [6.45, 7) is 4.09. The Morgan fingerprint density at radius 1 is 1.32 bits per heavy atom. The fraction of sp³-hybridized carbons (Fsp3) is 0.533. The third kappa shape index (κ3) is 5.85. The second-order valence-electron chi connectivity index (χ2n) is 4.86. The van der Waals surface area contributed by atoms with E-state index in [0.717, 1.165) is 37.9 Å². The Kier molecular flexibility index (Phi) is 7.15. The molecule has 0 aliphatic rings. The first-order valence-corrected chi connectivity index (χ1v) is 6.87. The van der Waals surface area contributed by atoms with Gasteiger partial charge in [0.15, 0.2) is 0 Å². The molecule has 0 saturated carbocycles. The highest BCUT2D eigenvalue weighted by Gasteiger charge is 2.06. The minimum absolute atomic E-state index is 0.250. The molecule has 19 heavy (non-hydrogen) atoms. The molecular weight excluding hydrogens is 240 g/mol. The number of rotatable bonds is 9. The van der Waals surface area contributed by atoms with Crippen molar-refractivity contribution >= 4 is 5.91 Å². The number of aliphatic hydroxyl groups is 1. The molecule has 4 heteroatoms. The Bertz CT molecular complexity index is 370. The topological polar surface area (TPSA) is 75.3 Å². The van der Waals surface area contributed by atoms with E-state index in [1.54, 1.807) is 12.1 Å². The quantitative estimate of drug-likeness (QED) is 0.635. The molecular formula is C15H24N2O2. The highest BCUT2D eigenvalue weighted by atomic mass is 16.3. The molecule has 0 saturated heterocycles. The van der Waals surface area contributed by atoms with Crippen LogP contribution in [0, 0.1) is 5.92 Å². The number of nitrogens with one attached hydrogen (secondary N) is 1. The lowest BCUT2D eigenvalue weighted by Gasteiger charge is -2.15. The van der Waals surface area contributed by atoms with Crippen molar-refractivity contribution in [1.29, 1.82) is 0 Å². The highest BCUT2D eigenvalue weighted by molar-refractivity contribution is 5.92. The third-order valence-corrected chi connectivity index (χ3v) is 3.23. The molecule has 1 rings (SSSR count). The summed E-state index contributed by atoms with van der Waals surface area (Å²) in [6.07, 6.45) is 3.12. The second kappa shape index (κ2) is 8.67. The first kappa shape index (κ1) is 15.7. The van der Waals surface area contributed by atoms with Crippen LogP contribution in [0.1, 0.15) is 42.1 Å². The van der Waals surface area contributed by atoms with Gasteiger partial charge in [-0.05, 0) is 43.0 Å². The number of hydrogen-bond acceptors (Lipinski definition) is 3. The average molecular weight is 264 g/mol. The third-order valence-electron chi connectivity index (χ3n) is 3.23. The summed E-state index contributed by atoms with van der Waals surface area (Å²) < 4.78 is 0. The van der Waals surface area contributed by atoms with Gasteiger partial charge in [-0.2, -0.15) is 0 Å². The highest BCUT2D eigenvalue weighted by Crippen LogP contribution is 2.10. The summed E-state index contributed by atoms with van der Waals surface area (Å²) in [5.41, 5.74) is 6.86. The van der Waals surface area contributed by atoms with E-state index in [9.17, 15) is 4.79 Å². The standard InChI is InChI=1S/C15H24N2O2/c1-2-3-12(8-9-18)10-17-11-13-4-6-14(7-5-13)15(16)19/h4-7,12,17-18H,2-3,8-11H2,1H3,(H2,16,19). The van der Waals surface area contributed by atoms with Crippen molar-refractivity contribution in [3.8, 4) is 0 Å². The van der Waals surface area contributed by atoms with Crippen LogP contribution in [0.25, 0.3) is 0 Å². The molecule has 1 unspecified atom stereocenters. The fourth-order valence-corrected chi connectivity index (χ4v) is 2.15. The maximum Gasteiger partial charge on any atom is 0.248 e. The normalized spacial score (nSPS) is 12.3. The number of primary amides is 1. The Morgan fingerprint density at radius 2 is 2.00 bits per heavy atom. The van der Waals surface area contributed by atoms with Crippen LogP contribution >= 0.6 is 0 Å². The Morgan fingerprint density at radius 3 is 2.53 bits per heavy atom. The summed E-state index contributed by atoms with van der Waals surface area (Å²) in [4.78, 5) is 10.9. The molecule has 4 N–H and O–H groups in total. The first-order valence-electron chi connectivity index (χ1n) is 6.87. The van der Waals surface area contributed by atoms with Crippen LogP contribution in [-0.2, 0) is 6.54 Å². The van der Waals surface area contributed by atoms with Crippen molar-refractivity contribution in [3.05, 3.63) is 35.4 Å². The van der Waals surface area contributed by atoms with Crippen molar-refractivity contribution in [1.82, 2.24) is 5.32 Å². The number of amides is 1. The molecule has 0 aliphatic carbocycles. The monoisotopic (exact) mass is 264 g/mol. The molecule has 1 amide bonds. The van der Waals surface area contributed by atoms with Crippen LogP contribution in [0.4, 0.5) is 0 Å². The number of carbonyl (C=O) groups excluding carboxylic acids is 1. The minimum Gasteiger partial charge on any atom is -0.396 e. The van der Waals surface area contributed by atoms with Gasteiger partial charge in [-0.25, -0.2) is 0 Å². The molecule has 1 aromatic rings. The van der Waals surface area contributed by atoms with E-state index < -0.39 is 5.91 Å². The molecule has 0 spiro atoms. The van der Waals surface area contributed by atoms with E-state index in [1.165, 1.54) is 0 Å². The molecule has 0 aromatic heterocycles. The number of benzene rings is 1. The maximum absolute atomic E-state index is 10.9. The van der Waals surface area contributed by atoms with Crippen LogP contribution < -0.4 is 11.1 Å². The molecule has 0 bridgehead atoms. The van der Waals surface area contributed by atoms with E-state index in [-0.39, 0.29) is 6.61 Å². The molecule has 0 fully saturated rings. The van der Waals surface area contributed by atoms with Crippen molar-refractivity contribution < 1.29 is 9.90 Å². The maximum atomic E-state index is 10.9. The summed E-state index contributed by atoms with van der Waals surface area (Å²) >= 11 is 0. The van der Waals surface area contributed by atoms with Gasteiger partial charge in [0.2, 0.25) is 5.91 Å². The summed E-state index contributed by atoms with van der Waals surface area (Å²) in [5, 5.41) is 12.4. The number of aliphatic hydroxyl groups excluding tert-OH is 1. The predicted molar refractivity (Wildman–Crippen MR) is 76.8 cm³/mol. The predicted octanol–water partition coefficient (Wildman–Crippen LogP) is 1.67. The van der Waals surface area contributed by atoms with Crippen molar-refractivity contribution in [2.75, 3.05) is 13.2 Å². The largest absolute Gasteiger partial charge is 0.396 e. The van der Waals surface area contributed by atoms with Crippen LogP contribution in [0.15, 0.2) is 24.3 Å². The molecule has 106 valence electrons. The first-order chi connectivity index (χ1) is 9.17. The molecule has 0 aliphatic heterocycles. The van der Waals surface area contributed by atoms with Crippen LogP contribution in [0.3, 0.4) is 0 Å². The summed E-state index contributed by atoms with van der Waals surface area (Å²) in [7, 11) is 0. The zero-order valence-electron chi connectivity index (χ0n) is 11.6. The average Bonchev–Trinajstić information content (AvgIpc) is 2.40. The van der Waals surface area contributed by atoms with E-state index in [1.807, 2.05) is 12.1 Å². The lowest BCUT2D eigenvalue weighted by Crippen LogP contribution is -2.23. The number of nitrogens with two attached hydrogens (primary N) is 1. The minimum atomic E-state index is -0.398. The molecule has 0 heterocycles. The van der Waals surface area contributed by atoms with Crippen molar-refractivity contribution in [3.63, 3.8) is 0 Å². The van der Waals surface area contributed by atoms with Crippen LogP contribution in [0.5, 0.6) is 0 Å². The summed E-state index contributed by atoms with van der Waals surface area (Å²) in [6, 6.07) is 7.31. The Hall–Kier alpha value is -1.39. The van der Waals surface area contributed by atoms with Crippen molar-refractivity contribution in [2.24, 2.45) is 11.7 Å². The Balaban J connectivity index is 2.37. The molecule has 0 radical (unpaired) electrons. The van der Waals surface area contributed by atoms with E-state index in [0.29, 0.717) is 11.5 Å². The van der Waals surface area contributed by atoms with Gasteiger partial charge >= 0.3 is 0 Å². The van der Waals surface area contributed by atoms with Gasteiger partial charge in [0.1, 0.15) is 0 Å². The molecule has 1 atom stereocenters. The molecule has 4 nitrogen and oxygen atoms in total. The lowest BCUT2D eigenvalue weighted by atomic mass is 10.00. The van der Waals surface area contributed by atoms with Gasteiger partial charge in [0, 0.05) is 18.7 Å². The number of carbonyl (C=O) groups is 1. The lowest BCUT2D eigenvalue weighted by molar-refractivity contribution is 0.100. The van der Waals surface area contributed by atoms with Gasteiger partial charge in [0.05, 0.1) is 0 Å². The van der Waals surface area contributed by atoms with Crippen LogP contribution in [0.2, 0.25) is 0 Å². The van der Waals surface area contributed by atoms with Gasteiger partial charge in [0.25, 0.3) is 0 Å². The van der Waals surface area contributed by atoms with Gasteiger partial charge in [-0.1, -0.05) is 25.5 Å². The zero-order valence-corrected chi connectivity index (χ0v) is 11.6. The fourth-order valence-electron chi connectivity index (χ4n) is 2.15.